The fourth-order valence-electron chi connectivity index (χ4n) is 6.33. The predicted molar refractivity (Wildman–Crippen MR) is 109 cm³/mol. The van der Waals surface area contributed by atoms with Crippen LogP contribution in [-0.2, 0) is 19.1 Å². The molecular weight excluding hydrogens is 368 g/mol. The molecule has 2 amide bonds. The molecule has 2 unspecified atom stereocenters. The number of anilines is 1. The molecule has 0 spiro atoms. The third kappa shape index (κ3) is 3.89. The number of amides is 2. The van der Waals surface area contributed by atoms with Crippen LogP contribution in [0, 0.1) is 24.2 Å². The Kier molecular flexibility index (Phi) is 4.91. The van der Waals surface area contributed by atoms with Crippen molar-refractivity contribution in [3.8, 4) is 0 Å². The van der Waals surface area contributed by atoms with Crippen molar-refractivity contribution in [2.45, 2.75) is 70.9 Å². The second-order valence-electron chi connectivity index (χ2n) is 9.61. The average molecular weight is 399 g/mol. The summed E-state index contributed by atoms with van der Waals surface area (Å²) in [6.07, 6.45) is 4.37. The van der Waals surface area contributed by atoms with Crippen LogP contribution in [0.3, 0.4) is 0 Å². The number of carbonyl (C=O) groups is 3. The summed E-state index contributed by atoms with van der Waals surface area (Å²) in [5, 5.41) is 5.98. The molecule has 4 aliphatic carbocycles. The van der Waals surface area contributed by atoms with Crippen LogP contribution in [-0.4, -0.2) is 29.4 Å². The molecule has 4 bridgehead atoms. The van der Waals surface area contributed by atoms with Crippen LogP contribution in [0.2, 0.25) is 0 Å². The quantitative estimate of drug-likeness (QED) is 0.745. The van der Waals surface area contributed by atoms with Gasteiger partial charge in [0.15, 0.2) is 6.10 Å². The molecule has 0 heterocycles. The van der Waals surface area contributed by atoms with Crippen LogP contribution in [0.4, 0.5) is 5.69 Å². The molecule has 2 N–H and O–H groups in total. The maximum absolute atomic E-state index is 13.2. The van der Waals surface area contributed by atoms with Crippen LogP contribution in [0.5, 0.6) is 0 Å². The second-order valence-corrected chi connectivity index (χ2v) is 9.61. The SMILES string of the molecule is CC(=O)NC12C[C@H]3C[C@@H](C1)CC(C(=O)O[C@H](C)C(=O)Nc1cccc(C)c1)(C3)C2. The minimum Gasteiger partial charge on any atom is -0.452 e. The van der Waals surface area contributed by atoms with Gasteiger partial charge in [0.25, 0.3) is 5.91 Å². The topological polar surface area (TPSA) is 84.5 Å². The highest BCUT2D eigenvalue weighted by Gasteiger charge is 2.61. The van der Waals surface area contributed by atoms with E-state index in [0.29, 0.717) is 23.9 Å². The summed E-state index contributed by atoms with van der Waals surface area (Å²) in [4.78, 5) is 37.6. The number of benzene rings is 1. The number of nitrogens with one attached hydrogen (secondary N) is 2. The molecule has 0 radical (unpaired) electrons. The van der Waals surface area contributed by atoms with Gasteiger partial charge < -0.3 is 15.4 Å². The van der Waals surface area contributed by atoms with E-state index in [2.05, 4.69) is 10.6 Å². The van der Waals surface area contributed by atoms with E-state index in [1.165, 1.54) is 0 Å². The molecule has 4 saturated carbocycles. The fraction of sp³-hybridized carbons (Fsp3) is 0.609. The van der Waals surface area contributed by atoms with Crippen molar-refractivity contribution in [3.05, 3.63) is 29.8 Å². The summed E-state index contributed by atoms with van der Waals surface area (Å²) in [7, 11) is 0. The van der Waals surface area contributed by atoms with Gasteiger partial charge in [0.2, 0.25) is 5.91 Å². The number of rotatable bonds is 5. The van der Waals surface area contributed by atoms with Gasteiger partial charge in [0, 0.05) is 18.2 Å². The minimum absolute atomic E-state index is 0.0404. The summed E-state index contributed by atoms with van der Waals surface area (Å²) >= 11 is 0. The minimum atomic E-state index is -0.868. The molecule has 1 aromatic carbocycles. The summed E-state index contributed by atoms with van der Waals surface area (Å²) in [5.41, 5.74) is 0.869. The van der Waals surface area contributed by atoms with Gasteiger partial charge >= 0.3 is 5.97 Å². The number of ether oxygens (including phenoxy) is 1. The largest absolute Gasteiger partial charge is 0.452 e. The molecule has 0 aliphatic heterocycles. The third-order valence-corrected chi connectivity index (χ3v) is 6.87. The highest BCUT2D eigenvalue weighted by atomic mass is 16.5. The number of esters is 1. The first kappa shape index (κ1) is 19.9. The second kappa shape index (κ2) is 7.15. The first-order valence-electron chi connectivity index (χ1n) is 10.6. The Hall–Kier alpha value is -2.37. The van der Waals surface area contributed by atoms with E-state index < -0.39 is 11.5 Å². The van der Waals surface area contributed by atoms with Crippen LogP contribution in [0.1, 0.15) is 57.9 Å². The third-order valence-electron chi connectivity index (χ3n) is 6.87. The zero-order valence-electron chi connectivity index (χ0n) is 17.4. The van der Waals surface area contributed by atoms with E-state index in [1.807, 2.05) is 31.2 Å². The average Bonchev–Trinajstić information content (AvgIpc) is 2.59. The lowest BCUT2D eigenvalue weighted by atomic mass is 9.47. The van der Waals surface area contributed by atoms with Crippen molar-refractivity contribution in [1.29, 1.82) is 0 Å². The monoisotopic (exact) mass is 398 g/mol. The van der Waals surface area contributed by atoms with E-state index >= 15 is 0 Å². The van der Waals surface area contributed by atoms with E-state index in [9.17, 15) is 14.4 Å². The maximum atomic E-state index is 13.2. The van der Waals surface area contributed by atoms with Gasteiger partial charge in [-0.3, -0.25) is 14.4 Å². The van der Waals surface area contributed by atoms with Gasteiger partial charge in [-0.2, -0.15) is 0 Å². The molecule has 6 heteroatoms. The van der Waals surface area contributed by atoms with Gasteiger partial charge in [-0.05, 0) is 81.9 Å². The van der Waals surface area contributed by atoms with E-state index in [4.69, 9.17) is 4.74 Å². The molecule has 29 heavy (non-hydrogen) atoms. The summed E-state index contributed by atoms with van der Waals surface area (Å²) in [6, 6.07) is 7.52. The molecule has 5 rings (SSSR count). The van der Waals surface area contributed by atoms with Gasteiger partial charge in [0.1, 0.15) is 0 Å². The van der Waals surface area contributed by atoms with Crippen molar-refractivity contribution < 1.29 is 19.1 Å². The molecular formula is C23H30N2O4. The summed E-state index contributed by atoms with van der Waals surface area (Å²) < 4.78 is 5.69. The van der Waals surface area contributed by atoms with Crippen LogP contribution in [0.15, 0.2) is 24.3 Å². The van der Waals surface area contributed by atoms with Crippen molar-refractivity contribution in [2.24, 2.45) is 17.3 Å². The molecule has 4 fully saturated rings. The zero-order chi connectivity index (χ0) is 20.8. The lowest BCUT2D eigenvalue weighted by Gasteiger charge is -2.60. The van der Waals surface area contributed by atoms with Gasteiger partial charge in [-0.25, -0.2) is 0 Å². The van der Waals surface area contributed by atoms with Crippen LogP contribution >= 0.6 is 0 Å². The van der Waals surface area contributed by atoms with Gasteiger partial charge in [-0.1, -0.05) is 12.1 Å². The summed E-state index contributed by atoms with van der Waals surface area (Å²) in [5.74, 6) is 0.221. The molecule has 1 aromatic rings. The van der Waals surface area contributed by atoms with Crippen molar-refractivity contribution in [2.75, 3.05) is 5.32 Å². The van der Waals surface area contributed by atoms with E-state index in [-0.39, 0.29) is 23.3 Å². The predicted octanol–water partition coefficient (Wildman–Crippen LogP) is 3.34. The molecule has 6 nitrogen and oxygen atoms in total. The highest BCUT2D eigenvalue weighted by Crippen LogP contribution is 2.62. The normalized spacial score (nSPS) is 33.1. The number of hydrogen-bond acceptors (Lipinski definition) is 4. The van der Waals surface area contributed by atoms with Gasteiger partial charge in [0.05, 0.1) is 5.41 Å². The Morgan fingerprint density at radius 1 is 1.14 bits per heavy atom. The van der Waals surface area contributed by atoms with Gasteiger partial charge in [-0.15, -0.1) is 0 Å². The van der Waals surface area contributed by atoms with Crippen molar-refractivity contribution in [1.82, 2.24) is 5.32 Å². The lowest BCUT2D eigenvalue weighted by molar-refractivity contribution is -0.181. The standard InChI is InChI=1S/C23H30N2O4/c1-14-5-4-6-19(7-14)24-20(27)15(2)29-21(28)22-9-17-8-18(10-22)12-23(11-17,13-22)25-16(3)26/h4-7,15,17-18H,8-13H2,1-3H3,(H,24,27)(H,25,26)/t15-,17-,18+,22?,23?/m1/s1. The first-order valence-corrected chi connectivity index (χ1v) is 10.6. The van der Waals surface area contributed by atoms with Crippen molar-refractivity contribution in [3.63, 3.8) is 0 Å². The summed E-state index contributed by atoms with van der Waals surface area (Å²) in [6.45, 7) is 5.12. The Bertz CT molecular complexity index is 835. The molecule has 156 valence electrons. The highest BCUT2D eigenvalue weighted by molar-refractivity contribution is 5.95. The number of aryl methyl sites for hydroxylation is 1. The Morgan fingerprint density at radius 3 is 2.45 bits per heavy atom. The van der Waals surface area contributed by atoms with Crippen molar-refractivity contribution >= 4 is 23.5 Å². The molecule has 0 aromatic heterocycles. The molecule has 5 atom stereocenters. The zero-order valence-corrected chi connectivity index (χ0v) is 17.4. The van der Waals surface area contributed by atoms with Crippen LogP contribution < -0.4 is 10.6 Å². The van der Waals surface area contributed by atoms with E-state index in [0.717, 1.165) is 37.7 Å². The van der Waals surface area contributed by atoms with Crippen LogP contribution in [0.25, 0.3) is 0 Å². The maximum Gasteiger partial charge on any atom is 0.312 e. The fourth-order valence-corrected chi connectivity index (χ4v) is 6.33. The molecule has 4 aliphatic rings. The Labute approximate surface area is 171 Å². The Morgan fingerprint density at radius 2 is 1.83 bits per heavy atom. The number of hydrogen-bond donors (Lipinski definition) is 2. The first-order chi connectivity index (χ1) is 13.7. The lowest BCUT2D eigenvalue weighted by Crippen LogP contribution is -2.65. The molecule has 0 saturated heterocycles. The Balaban J connectivity index is 1.45. The number of carbonyl (C=O) groups excluding carboxylic acids is 3. The van der Waals surface area contributed by atoms with E-state index in [1.54, 1.807) is 13.8 Å². The smallest absolute Gasteiger partial charge is 0.312 e.